The fraction of sp³-hybridized carbons (Fsp3) is 0.278. The number of tetrazole rings is 1. The highest BCUT2D eigenvalue weighted by Crippen LogP contribution is 2.32. The van der Waals surface area contributed by atoms with Gasteiger partial charge in [-0.3, -0.25) is 0 Å². The van der Waals surface area contributed by atoms with Crippen LogP contribution in [-0.4, -0.2) is 26.8 Å². The van der Waals surface area contributed by atoms with Gasteiger partial charge in [0.25, 0.3) is 0 Å². The van der Waals surface area contributed by atoms with Crippen LogP contribution in [0.25, 0.3) is 0 Å². The zero-order valence-electron chi connectivity index (χ0n) is 12.8. The second-order valence-electron chi connectivity index (χ2n) is 5.98. The van der Waals surface area contributed by atoms with Crippen molar-refractivity contribution in [2.24, 2.45) is 0 Å². The number of benzene rings is 2. The van der Waals surface area contributed by atoms with E-state index in [1.54, 1.807) is 0 Å². The van der Waals surface area contributed by atoms with Crippen LogP contribution in [0.2, 0.25) is 0 Å². The van der Waals surface area contributed by atoms with Gasteiger partial charge in [0.1, 0.15) is 0 Å². The Morgan fingerprint density at radius 2 is 1.74 bits per heavy atom. The molecule has 5 heteroatoms. The van der Waals surface area contributed by atoms with Crippen molar-refractivity contribution < 1.29 is 0 Å². The molecule has 0 aliphatic carbocycles. The van der Waals surface area contributed by atoms with Gasteiger partial charge >= 0.3 is 0 Å². The molecule has 0 saturated carbocycles. The third-order valence-corrected chi connectivity index (χ3v) is 4.45. The Hall–Kier alpha value is -2.53. The Morgan fingerprint density at radius 1 is 1.00 bits per heavy atom. The maximum Gasteiger partial charge on any atom is 0.168 e. The molecule has 3 aromatic rings. The van der Waals surface area contributed by atoms with Crippen molar-refractivity contribution in [2.45, 2.75) is 24.9 Å². The van der Waals surface area contributed by atoms with Crippen LogP contribution in [0.3, 0.4) is 0 Å². The van der Waals surface area contributed by atoms with Gasteiger partial charge < -0.3 is 5.32 Å². The van der Waals surface area contributed by atoms with Crippen LogP contribution in [0.15, 0.2) is 60.7 Å². The second-order valence-corrected chi connectivity index (χ2v) is 5.98. The maximum absolute atomic E-state index is 4.26. The SMILES string of the molecule is c1ccc(Cn2nnnc2[C@@H]2C[C@H](c3ccccc3)CN2)cc1. The van der Waals surface area contributed by atoms with E-state index < -0.39 is 0 Å². The van der Waals surface area contributed by atoms with E-state index in [9.17, 15) is 0 Å². The summed E-state index contributed by atoms with van der Waals surface area (Å²) in [5, 5.41) is 15.9. The van der Waals surface area contributed by atoms with Crippen LogP contribution >= 0.6 is 0 Å². The Morgan fingerprint density at radius 3 is 2.52 bits per heavy atom. The van der Waals surface area contributed by atoms with E-state index in [0.717, 1.165) is 18.8 Å². The van der Waals surface area contributed by atoms with E-state index in [1.807, 2.05) is 22.9 Å². The van der Waals surface area contributed by atoms with Crippen molar-refractivity contribution >= 4 is 0 Å². The second kappa shape index (κ2) is 6.30. The van der Waals surface area contributed by atoms with Crippen LogP contribution in [0.1, 0.15) is 35.3 Å². The lowest BCUT2D eigenvalue weighted by Gasteiger charge is -2.11. The van der Waals surface area contributed by atoms with Crippen molar-refractivity contribution in [3.63, 3.8) is 0 Å². The number of hydrogen-bond acceptors (Lipinski definition) is 4. The first kappa shape index (κ1) is 14.1. The molecule has 1 fully saturated rings. The smallest absolute Gasteiger partial charge is 0.168 e. The number of aromatic nitrogens is 4. The fourth-order valence-electron chi connectivity index (χ4n) is 3.24. The summed E-state index contributed by atoms with van der Waals surface area (Å²) in [5.74, 6) is 1.44. The van der Waals surface area contributed by atoms with Gasteiger partial charge in [0.2, 0.25) is 0 Å². The first-order valence-electron chi connectivity index (χ1n) is 7.98. The molecule has 4 rings (SSSR count). The predicted molar refractivity (Wildman–Crippen MR) is 87.9 cm³/mol. The molecule has 2 aromatic carbocycles. The van der Waals surface area contributed by atoms with Crippen molar-refractivity contribution in [3.05, 3.63) is 77.6 Å². The zero-order chi connectivity index (χ0) is 15.5. The first-order valence-corrected chi connectivity index (χ1v) is 7.98. The molecule has 1 aromatic heterocycles. The van der Waals surface area contributed by atoms with Crippen LogP contribution in [0, 0.1) is 0 Å². The summed E-state index contributed by atoms with van der Waals surface area (Å²) in [6, 6.07) is 21.2. The summed E-state index contributed by atoms with van der Waals surface area (Å²) in [7, 11) is 0. The van der Waals surface area contributed by atoms with E-state index in [1.165, 1.54) is 11.1 Å². The van der Waals surface area contributed by atoms with E-state index in [0.29, 0.717) is 12.5 Å². The minimum absolute atomic E-state index is 0.207. The number of rotatable bonds is 4. The van der Waals surface area contributed by atoms with Crippen LogP contribution < -0.4 is 5.32 Å². The highest BCUT2D eigenvalue weighted by Gasteiger charge is 2.30. The molecule has 116 valence electrons. The topological polar surface area (TPSA) is 55.6 Å². The van der Waals surface area contributed by atoms with Gasteiger partial charge in [-0.05, 0) is 33.9 Å². The molecule has 0 amide bonds. The summed E-state index contributed by atoms with van der Waals surface area (Å²) in [5.41, 5.74) is 2.59. The molecule has 2 atom stereocenters. The molecular formula is C18H19N5. The van der Waals surface area contributed by atoms with E-state index in [2.05, 4.69) is 63.3 Å². The molecule has 1 N–H and O–H groups in total. The summed E-state index contributed by atoms with van der Waals surface area (Å²) in [4.78, 5) is 0. The predicted octanol–water partition coefficient (Wildman–Crippen LogP) is 2.54. The standard InChI is InChI=1S/C18H19N5/c1-3-7-14(8-4-1)13-23-18(20-21-22-23)17-11-16(12-19-17)15-9-5-2-6-10-15/h1-10,16-17,19H,11-13H2/t16-,17-/m0/s1. The lowest BCUT2D eigenvalue weighted by Crippen LogP contribution is -2.19. The van der Waals surface area contributed by atoms with E-state index in [-0.39, 0.29) is 6.04 Å². The molecule has 0 radical (unpaired) electrons. The van der Waals surface area contributed by atoms with Gasteiger partial charge in [-0.15, -0.1) is 5.10 Å². The van der Waals surface area contributed by atoms with Gasteiger partial charge in [-0.1, -0.05) is 60.7 Å². The molecule has 2 heterocycles. The largest absolute Gasteiger partial charge is 0.307 e. The van der Waals surface area contributed by atoms with Crippen LogP contribution in [-0.2, 0) is 6.54 Å². The molecule has 1 saturated heterocycles. The average molecular weight is 305 g/mol. The number of nitrogens with one attached hydrogen (secondary N) is 1. The van der Waals surface area contributed by atoms with Crippen molar-refractivity contribution in [1.29, 1.82) is 0 Å². The molecule has 5 nitrogen and oxygen atoms in total. The van der Waals surface area contributed by atoms with E-state index >= 15 is 0 Å². The van der Waals surface area contributed by atoms with Gasteiger partial charge in [-0.2, -0.15) is 0 Å². The molecule has 1 aliphatic rings. The zero-order valence-corrected chi connectivity index (χ0v) is 12.8. The lowest BCUT2D eigenvalue weighted by molar-refractivity contribution is 0.533. The lowest BCUT2D eigenvalue weighted by atomic mass is 9.96. The Labute approximate surface area is 135 Å². The Bertz CT molecular complexity index is 753. The molecule has 0 bridgehead atoms. The molecule has 0 unspecified atom stereocenters. The van der Waals surface area contributed by atoms with Crippen LogP contribution in [0.4, 0.5) is 0 Å². The summed E-state index contributed by atoms with van der Waals surface area (Å²) < 4.78 is 1.90. The number of nitrogens with zero attached hydrogens (tertiary/aromatic N) is 4. The van der Waals surface area contributed by atoms with E-state index in [4.69, 9.17) is 0 Å². The summed E-state index contributed by atoms with van der Waals surface area (Å²) >= 11 is 0. The molecule has 1 aliphatic heterocycles. The van der Waals surface area contributed by atoms with Crippen molar-refractivity contribution in [1.82, 2.24) is 25.5 Å². The minimum Gasteiger partial charge on any atom is -0.307 e. The third kappa shape index (κ3) is 3.00. The Kier molecular flexibility index (Phi) is 3.86. The fourth-order valence-corrected chi connectivity index (χ4v) is 3.24. The van der Waals surface area contributed by atoms with Gasteiger partial charge in [0.05, 0.1) is 12.6 Å². The molecular weight excluding hydrogens is 286 g/mol. The van der Waals surface area contributed by atoms with Gasteiger partial charge in [0.15, 0.2) is 5.82 Å². The quantitative estimate of drug-likeness (QED) is 0.805. The summed E-state index contributed by atoms with van der Waals surface area (Å²) in [6.45, 7) is 1.67. The Balaban J connectivity index is 1.51. The first-order chi connectivity index (χ1) is 11.4. The van der Waals surface area contributed by atoms with Gasteiger partial charge in [0, 0.05) is 6.54 Å². The monoisotopic (exact) mass is 305 g/mol. The molecule has 23 heavy (non-hydrogen) atoms. The van der Waals surface area contributed by atoms with Gasteiger partial charge in [-0.25, -0.2) is 4.68 Å². The van der Waals surface area contributed by atoms with Crippen LogP contribution in [0.5, 0.6) is 0 Å². The maximum atomic E-state index is 4.26. The normalized spacial score (nSPS) is 20.7. The third-order valence-electron chi connectivity index (χ3n) is 4.45. The number of hydrogen-bond donors (Lipinski definition) is 1. The highest BCUT2D eigenvalue weighted by molar-refractivity contribution is 5.22. The highest BCUT2D eigenvalue weighted by atomic mass is 15.5. The molecule has 0 spiro atoms. The average Bonchev–Trinajstić information content (AvgIpc) is 3.25. The van der Waals surface area contributed by atoms with Crippen molar-refractivity contribution in [3.8, 4) is 0 Å². The van der Waals surface area contributed by atoms with Crippen molar-refractivity contribution in [2.75, 3.05) is 6.54 Å². The summed E-state index contributed by atoms with van der Waals surface area (Å²) in [6.07, 6.45) is 1.03. The minimum atomic E-state index is 0.207.